The predicted octanol–water partition coefficient (Wildman–Crippen LogP) is 7.41. The molecule has 90 heavy (non-hydrogen) atoms. The highest BCUT2D eigenvalue weighted by molar-refractivity contribution is 7.66. The summed E-state index contributed by atoms with van der Waals surface area (Å²) in [4.78, 5) is 104. The van der Waals surface area contributed by atoms with Crippen molar-refractivity contribution in [2.45, 2.75) is 75.9 Å². The van der Waals surface area contributed by atoms with E-state index in [9.17, 15) is 52.8 Å². The van der Waals surface area contributed by atoms with Crippen LogP contribution in [-0.4, -0.2) is 114 Å². The smallest absolute Gasteiger partial charge is 0.484 e. The number of carbonyl (C=O) groups excluding carboxylic acids is 3. The molecule has 7 unspecified atom stereocenters. The van der Waals surface area contributed by atoms with Crippen molar-refractivity contribution in [1.82, 2.24) is 25.5 Å². The highest BCUT2D eigenvalue weighted by atomic mass is 32.1. The van der Waals surface area contributed by atoms with Crippen LogP contribution in [0, 0.1) is 22.0 Å². The summed E-state index contributed by atoms with van der Waals surface area (Å²) in [6.07, 6.45) is 10.7. The lowest BCUT2D eigenvalue weighted by Crippen LogP contribution is -2.47. The number of nitrogen functional groups attached to an aromatic ring is 1. The first-order valence-electron chi connectivity index (χ1n) is 27.4. The van der Waals surface area contributed by atoms with E-state index in [1.54, 1.807) is 60.7 Å². The summed E-state index contributed by atoms with van der Waals surface area (Å²) in [5.41, 5.74) is 7.91. The van der Waals surface area contributed by atoms with Gasteiger partial charge in [-0.25, -0.2) is 23.3 Å². The molecule has 0 radical (unpaired) electrons. The number of ether oxygens (including phenoxy) is 4. The average Bonchev–Trinajstić information content (AvgIpc) is 1.56. The molecule has 3 aliphatic heterocycles. The van der Waals surface area contributed by atoms with Crippen LogP contribution in [0.2, 0.25) is 5.82 Å². The van der Waals surface area contributed by atoms with E-state index >= 15 is 8.63 Å². The minimum Gasteiger partial charge on any atom is -0.484 e. The fourth-order valence-electron chi connectivity index (χ4n) is 9.82. The van der Waals surface area contributed by atoms with E-state index in [1.807, 2.05) is 23.6 Å². The number of fused-ring (bicyclic) bond motifs is 2. The summed E-state index contributed by atoms with van der Waals surface area (Å²) < 4.78 is 104. The van der Waals surface area contributed by atoms with E-state index in [-0.39, 0.29) is 73.6 Å². The molecule has 478 valence electrons. The van der Waals surface area contributed by atoms with Gasteiger partial charge in [0.15, 0.2) is 18.0 Å². The normalized spacial score (nSPS) is 19.8. The van der Waals surface area contributed by atoms with Crippen LogP contribution >= 0.6 is 34.8 Å². The number of benzene rings is 2. The molecule has 8 rings (SSSR count). The van der Waals surface area contributed by atoms with Gasteiger partial charge in [-0.1, -0.05) is 66.3 Å². The minimum absolute atomic E-state index is 0.00322. The second kappa shape index (κ2) is 29.9. The number of nitrogens with two attached hydrogens (primary N) is 1. The molecule has 4 aliphatic rings. The van der Waals surface area contributed by atoms with Crippen LogP contribution in [0.15, 0.2) is 131 Å². The van der Waals surface area contributed by atoms with Gasteiger partial charge in [0.25, 0.3) is 11.6 Å². The van der Waals surface area contributed by atoms with Crippen LogP contribution in [0.1, 0.15) is 78.5 Å². The van der Waals surface area contributed by atoms with Crippen molar-refractivity contribution in [2.75, 3.05) is 38.6 Å². The molecule has 2 aromatic heterocycles. The molecule has 1 aliphatic carbocycles. The van der Waals surface area contributed by atoms with Gasteiger partial charge >= 0.3 is 42.1 Å². The maximum Gasteiger partial charge on any atom is 0.625 e. The Balaban J connectivity index is 0.730. The third kappa shape index (κ3) is 18.4. The van der Waals surface area contributed by atoms with Crippen molar-refractivity contribution in [3.05, 3.63) is 174 Å². The maximum absolute atomic E-state index is 16.3. The van der Waals surface area contributed by atoms with Crippen LogP contribution in [-0.2, 0) is 57.2 Å². The topological polar surface area (TPSA) is 391 Å². The molecule has 3 amide bonds. The summed E-state index contributed by atoms with van der Waals surface area (Å²) in [5.74, 6) is 3.69. The van der Waals surface area contributed by atoms with Gasteiger partial charge in [-0.15, -0.1) is 17.9 Å². The Labute approximate surface area is 516 Å². The number of unbranched alkanes of at least 4 members (excludes halogenated alkanes) is 2. The maximum atomic E-state index is 16.3. The van der Waals surface area contributed by atoms with Crippen LogP contribution in [0.25, 0.3) is 11.6 Å². The molecule has 5 heterocycles. The number of hydrogen-bond donors (Lipinski definition) is 8. The Morgan fingerprint density at radius 3 is 2.52 bits per heavy atom. The lowest BCUT2D eigenvalue weighted by molar-refractivity contribution is -0.386. The first-order valence-corrected chi connectivity index (χ1v) is 32.8. The van der Waals surface area contributed by atoms with Crippen molar-refractivity contribution in [3.63, 3.8) is 0 Å². The van der Waals surface area contributed by atoms with Crippen molar-refractivity contribution < 1.29 is 97.8 Å². The van der Waals surface area contributed by atoms with Crippen molar-refractivity contribution >= 4 is 88.4 Å². The number of thiophene rings is 1. The molecule has 0 saturated carbocycles. The second-order valence-corrected chi connectivity index (χ2v) is 25.6. The first kappa shape index (κ1) is 68.1. The van der Waals surface area contributed by atoms with Crippen LogP contribution in [0.5, 0.6) is 5.75 Å². The number of hydrogen-bond acceptors (Lipinski definition) is 19. The molecule has 28 nitrogen and oxygen atoms in total. The van der Waals surface area contributed by atoms with E-state index in [4.69, 9.17) is 39.0 Å². The third-order valence-electron chi connectivity index (χ3n) is 13.9. The summed E-state index contributed by atoms with van der Waals surface area (Å²) in [5, 5.41) is 21.8. The number of carbonyl (C=O) groups is 3. The summed E-state index contributed by atoms with van der Waals surface area (Å²) in [7, 11) is -17.0. The standard InChI is InChI=1S/C55H60BF2N8O20P3S/c1-3-26-80-46-30-51(84-47(46)33-82-88(76,77)86-89(78,79)85-87(73,74)75)64-32-39(53(59)63-54(64)69)9-7-25-61-55(70)83-35(2)44-28-37(15-23-45(44)66(71)72)31-62-49(67)11-5-4-6-24-60-50(68)34-81-42-20-13-36(14-21-42)12-17-40-18-19-41-29-38-16-22-43(48-10-8-27-90-48)52(38)56(57,58)65(40)41/h3,8,10,12-23,27-29,32,35,46-47,51-52H,1,4-6,11,24-26,30-31,33-34H2,2H3,(H,60,68)(H,61,70)(H,62,67)(H,76,77)(H,78,79)(H2,59,63,69)(H2,73,74,75)/b17-12+. The Kier molecular flexibility index (Phi) is 22.6. The van der Waals surface area contributed by atoms with E-state index in [1.165, 1.54) is 42.5 Å². The molecule has 2 aromatic carbocycles. The SMILES string of the molecule is C=CCOC1CC(n2cc(C#CCNC(=O)OC(C)c3cc(CNC(=O)CCCCCNC(=O)COc4ccc(/C=C/C5=[N+]6C(=CC7=CC=C(c8cccs8)C7[B-]6(F)F)C=C5)cc4)ccc3[N+](=O)[O-])c(N)nc2=O)OC1COP(=O)(O)OP(=O)(O)OP(=O)(O)O. The number of amides is 3. The Morgan fingerprint density at radius 2 is 1.80 bits per heavy atom. The molecule has 1 saturated heterocycles. The van der Waals surface area contributed by atoms with Gasteiger partial charge in [0, 0.05) is 73.2 Å². The van der Waals surface area contributed by atoms with Crippen LogP contribution < -0.4 is 32.1 Å². The van der Waals surface area contributed by atoms with Gasteiger partial charge in [-0.3, -0.25) is 28.8 Å². The lowest BCUT2D eigenvalue weighted by Gasteiger charge is -2.34. The van der Waals surface area contributed by atoms with Gasteiger partial charge in [-0.05, 0) is 72.2 Å². The quantitative estimate of drug-likeness (QED) is 0.00498. The van der Waals surface area contributed by atoms with Crippen LogP contribution in [0.3, 0.4) is 0 Å². The average molecular weight is 1330 g/mol. The highest BCUT2D eigenvalue weighted by Gasteiger charge is 2.58. The number of rotatable bonds is 29. The minimum atomic E-state index is -5.82. The number of nitrogens with one attached hydrogen (secondary N) is 3. The number of anilines is 1. The van der Waals surface area contributed by atoms with Gasteiger partial charge in [0.05, 0.1) is 41.9 Å². The molecule has 9 N–H and O–H groups in total. The number of allylic oxidation sites excluding steroid dienone is 8. The largest absolute Gasteiger partial charge is 0.625 e. The van der Waals surface area contributed by atoms with E-state index in [2.05, 4.69) is 48.0 Å². The molecule has 4 aromatic rings. The monoisotopic (exact) mass is 1330 g/mol. The van der Waals surface area contributed by atoms with E-state index < -0.39 is 84.0 Å². The van der Waals surface area contributed by atoms with Gasteiger partial charge in [0.2, 0.25) is 5.91 Å². The third-order valence-corrected chi connectivity index (χ3v) is 18.6. The predicted molar refractivity (Wildman–Crippen MR) is 323 cm³/mol. The summed E-state index contributed by atoms with van der Waals surface area (Å²) >= 11 is 1.44. The molecule has 0 spiro atoms. The number of nitro benzene ring substituents is 1. The summed E-state index contributed by atoms with van der Waals surface area (Å²) in [6.45, 7) is -0.346. The van der Waals surface area contributed by atoms with Crippen molar-refractivity contribution in [2.24, 2.45) is 0 Å². The molecule has 35 heteroatoms. The Hall–Kier alpha value is -7.85. The number of phosphoric ester groups is 1. The fourth-order valence-corrected chi connectivity index (χ4v) is 13.6. The van der Waals surface area contributed by atoms with E-state index in [0.717, 1.165) is 25.7 Å². The number of phosphoric acid groups is 3. The number of aromatic nitrogens is 2. The number of nitrogens with zero attached hydrogens (tertiary/aromatic N) is 4. The lowest BCUT2D eigenvalue weighted by atomic mass is 9.56. The molecule has 7 atom stereocenters. The number of alkyl carbamates (subject to hydrolysis) is 1. The van der Waals surface area contributed by atoms with Crippen LogP contribution in [0.4, 0.5) is 24.9 Å². The molecular weight excluding hydrogens is 1270 g/mol. The summed E-state index contributed by atoms with van der Waals surface area (Å²) in [6, 6.07) is 14.7. The Morgan fingerprint density at radius 1 is 1.02 bits per heavy atom. The fraction of sp³-hybridized carbons (Fsp3) is 0.309. The zero-order valence-corrected chi connectivity index (χ0v) is 51.1. The van der Waals surface area contributed by atoms with Crippen molar-refractivity contribution in [1.29, 1.82) is 0 Å². The van der Waals surface area contributed by atoms with Gasteiger partial charge in [0.1, 0.15) is 30.0 Å². The second-order valence-electron chi connectivity index (χ2n) is 20.2. The Bertz CT molecular complexity index is 3880. The van der Waals surface area contributed by atoms with Crippen molar-refractivity contribution in [3.8, 4) is 17.6 Å². The molecule has 0 bridgehead atoms. The zero-order chi connectivity index (χ0) is 65.0. The zero-order valence-electron chi connectivity index (χ0n) is 47.6. The number of nitro groups is 1. The van der Waals surface area contributed by atoms with Gasteiger partial charge < -0.3 is 73.3 Å². The first-order chi connectivity index (χ1) is 42.7. The molecular formula is C55H60BF2N8O20P3S. The number of halogens is 2. The molecule has 1 fully saturated rings. The van der Waals surface area contributed by atoms with Gasteiger partial charge in [-0.2, -0.15) is 13.6 Å². The highest BCUT2D eigenvalue weighted by Crippen LogP contribution is 2.66. The van der Waals surface area contributed by atoms with E-state index in [0.29, 0.717) is 59.7 Å².